The minimum atomic E-state index is -3.55. The maximum absolute atomic E-state index is 12.9. The molecule has 2 atom stereocenters. The summed E-state index contributed by atoms with van der Waals surface area (Å²) in [6.07, 6.45) is 1.84. The van der Waals surface area contributed by atoms with Crippen LogP contribution in [0.5, 0.6) is 5.75 Å². The Morgan fingerprint density at radius 1 is 1.33 bits per heavy atom. The fourth-order valence-electron chi connectivity index (χ4n) is 3.06. The fourth-order valence-corrected chi connectivity index (χ4v) is 4.67. The molecule has 7 heteroatoms. The average Bonchev–Trinajstić information content (AvgIpc) is 2.48. The van der Waals surface area contributed by atoms with Gasteiger partial charge in [0.25, 0.3) is 0 Å². The first-order valence-electron chi connectivity index (χ1n) is 8.20. The van der Waals surface area contributed by atoms with E-state index in [1.165, 1.54) is 0 Å². The third-order valence-electron chi connectivity index (χ3n) is 4.51. The van der Waals surface area contributed by atoms with E-state index in [0.29, 0.717) is 10.5 Å². The van der Waals surface area contributed by atoms with Crippen molar-refractivity contribution in [3.05, 3.63) is 23.3 Å². The van der Waals surface area contributed by atoms with Crippen LogP contribution in [0.1, 0.15) is 50.7 Å². The van der Waals surface area contributed by atoms with Gasteiger partial charge in [0.1, 0.15) is 5.75 Å². The van der Waals surface area contributed by atoms with Gasteiger partial charge in [-0.3, -0.25) is 0 Å². The molecule has 2 unspecified atom stereocenters. The van der Waals surface area contributed by atoms with Crippen molar-refractivity contribution in [3.8, 4) is 5.75 Å². The summed E-state index contributed by atoms with van der Waals surface area (Å²) in [5, 5.41) is 3.32. The number of methoxy groups -OCH3 is 1. The maximum Gasteiger partial charge on any atom is 0.241 e. The van der Waals surface area contributed by atoms with Gasteiger partial charge < -0.3 is 10.1 Å². The van der Waals surface area contributed by atoms with Crippen LogP contribution >= 0.6 is 12.4 Å². The Bertz CT molecular complexity index is 662. The number of piperidine rings is 1. The average molecular weight is 377 g/mol. The molecule has 0 radical (unpaired) electrons. The van der Waals surface area contributed by atoms with E-state index in [2.05, 4.69) is 10.0 Å². The summed E-state index contributed by atoms with van der Waals surface area (Å²) in [4.78, 5) is 0.347. The first-order chi connectivity index (χ1) is 10.8. The monoisotopic (exact) mass is 376 g/mol. The van der Waals surface area contributed by atoms with Gasteiger partial charge >= 0.3 is 0 Å². The largest absolute Gasteiger partial charge is 0.496 e. The van der Waals surface area contributed by atoms with Crippen molar-refractivity contribution in [2.24, 2.45) is 0 Å². The number of rotatable bonds is 5. The molecule has 1 saturated heterocycles. The molecule has 1 heterocycles. The van der Waals surface area contributed by atoms with Crippen molar-refractivity contribution in [3.63, 3.8) is 0 Å². The van der Waals surface area contributed by atoms with Crippen molar-refractivity contribution >= 4 is 22.4 Å². The molecule has 1 aromatic carbocycles. The summed E-state index contributed by atoms with van der Waals surface area (Å²) < 4.78 is 34.0. The van der Waals surface area contributed by atoms with Crippen LogP contribution in [0.15, 0.2) is 17.0 Å². The molecule has 0 amide bonds. The summed E-state index contributed by atoms with van der Waals surface area (Å²) in [5.41, 5.74) is 1.61. The summed E-state index contributed by atoms with van der Waals surface area (Å²) >= 11 is 0. The highest BCUT2D eigenvalue weighted by Crippen LogP contribution is 2.31. The number of nitrogens with one attached hydrogen (secondary N) is 2. The van der Waals surface area contributed by atoms with Crippen LogP contribution in [0.3, 0.4) is 0 Å². The zero-order valence-electron chi connectivity index (χ0n) is 15.0. The summed E-state index contributed by atoms with van der Waals surface area (Å²) in [7, 11) is -1.94. The second-order valence-electron chi connectivity index (χ2n) is 6.63. The molecule has 0 aromatic heterocycles. The van der Waals surface area contributed by atoms with Crippen molar-refractivity contribution in [2.75, 3.05) is 13.7 Å². The molecule has 1 fully saturated rings. The molecule has 1 aliphatic rings. The molecule has 0 bridgehead atoms. The van der Waals surface area contributed by atoms with Crippen molar-refractivity contribution in [1.82, 2.24) is 10.0 Å². The van der Waals surface area contributed by atoms with Crippen molar-refractivity contribution in [2.45, 2.75) is 63.4 Å². The molecule has 5 nitrogen and oxygen atoms in total. The van der Waals surface area contributed by atoms with E-state index >= 15 is 0 Å². The third-order valence-corrected chi connectivity index (χ3v) is 6.14. The van der Waals surface area contributed by atoms with E-state index in [0.717, 1.165) is 30.7 Å². The lowest BCUT2D eigenvalue weighted by atomic mass is 10.0. The van der Waals surface area contributed by atoms with E-state index < -0.39 is 10.0 Å². The normalized spacial score (nSPS) is 21.4. The first-order valence-corrected chi connectivity index (χ1v) is 9.69. The van der Waals surface area contributed by atoms with Crippen LogP contribution in [0.2, 0.25) is 0 Å². The molecule has 0 spiro atoms. The molecule has 0 aliphatic carbocycles. The summed E-state index contributed by atoms with van der Waals surface area (Å²) in [6.45, 7) is 8.84. The molecule has 24 heavy (non-hydrogen) atoms. The highest BCUT2D eigenvalue weighted by Gasteiger charge is 2.28. The molecular formula is C17H29ClN2O3S. The SMILES string of the molecule is COc1cc(C)c(S(=O)(=O)NC2CCCNC2C)cc1C(C)C.Cl. The highest BCUT2D eigenvalue weighted by molar-refractivity contribution is 7.89. The van der Waals surface area contributed by atoms with Crippen molar-refractivity contribution in [1.29, 1.82) is 0 Å². The van der Waals surface area contributed by atoms with Gasteiger partial charge in [0.05, 0.1) is 12.0 Å². The molecule has 2 N–H and O–H groups in total. The van der Waals surface area contributed by atoms with Gasteiger partial charge in [0.15, 0.2) is 0 Å². The van der Waals surface area contributed by atoms with Crippen molar-refractivity contribution < 1.29 is 13.2 Å². The molecular weight excluding hydrogens is 348 g/mol. The second-order valence-corrected chi connectivity index (χ2v) is 8.31. The first kappa shape index (κ1) is 21.2. The van der Waals surface area contributed by atoms with Gasteiger partial charge in [0, 0.05) is 12.1 Å². The summed E-state index contributed by atoms with van der Waals surface area (Å²) in [5.74, 6) is 0.930. The fraction of sp³-hybridized carbons (Fsp3) is 0.647. The molecule has 138 valence electrons. The number of ether oxygens (including phenoxy) is 1. The number of aryl methyl sites for hydroxylation is 1. The van der Waals surface area contributed by atoms with E-state index in [1.807, 2.05) is 33.8 Å². The smallest absolute Gasteiger partial charge is 0.241 e. The number of sulfonamides is 1. The molecule has 2 rings (SSSR count). The van der Waals surface area contributed by atoms with E-state index in [4.69, 9.17) is 4.74 Å². The Kier molecular flexibility index (Phi) is 7.53. The Labute approximate surface area is 152 Å². The van der Waals surface area contributed by atoms with Gasteiger partial charge in [-0.2, -0.15) is 0 Å². The molecule has 0 saturated carbocycles. The van der Waals surface area contributed by atoms with Gasteiger partial charge in [-0.1, -0.05) is 13.8 Å². The lowest BCUT2D eigenvalue weighted by molar-refractivity contribution is 0.348. The Morgan fingerprint density at radius 2 is 2.00 bits per heavy atom. The quantitative estimate of drug-likeness (QED) is 0.829. The van der Waals surface area contributed by atoms with Crippen LogP contribution in [0.25, 0.3) is 0 Å². The minimum Gasteiger partial charge on any atom is -0.496 e. The highest BCUT2D eigenvalue weighted by atomic mass is 35.5. The van der Waals surface area contributed by atoms with E-state index in [1.54, 1.807) is 13.2 Å². The van der Waals surface area contributed by atoms with Crippen LogP contribution in [-0.4, -0.2) is 34.2 Å². The van der Waals surface area contributed by atoms with Gasteiger partial charge in [-0.25, -0.2) is 13.1 Å². The van der Waals surface area contributed by atoms with Crippen LogP contribution in [-0.2, 0) is 10.0 Å². The number of hydrogen-bond acceptors (Lipinski definition) is 4. The van der Waals surface area contributed by atoms with Crippen LogP contribution in [0, 0.1) is 6.92 Å². The summed E-state index contributed by atoms with van der Waals surface area (Å²) in [6, 6.07) is 3.63. The maximum atomic E-state index is 12.9. The van der Waals surface area contributed by atoms with E-state index in [9.17, 15) is 8.42 Å². The van der Waals surface area contributed by atoms with Crippen LogP contribution < -0.4 is 14.8 Å². The molecule has 1 aliphatic heterocycles. The van der Waals surface area contributed by atoms with Gasteiger partial charge in [-0.15, -0.1) is 12.4 Å². The number of benzene rings is 1. The third kappa shape index (κ3) is 4.63. The predicted octanol–water partition coefficient (Wildman–Crippen LogP) is 2.97. The predicted molar refractivity (Wildman–Crippen MR) is 99.9 cm³/mol. The second kappa shape index (κ2) is 8.52. The lowest BCUT2D eigenvalue weighted by Crippen LogP contribution is -2.51. The molecule has 1 aromatic rings. The van der Waals surface area contributed by atoms with Gasteiger partial charge in [-0.05, 0) is 62.4 Å². The van der Waals surface area contributed by atoms with E-state index in [-0.39, 0.29) is 30.4 Å². The van der Waals surface area contributed by atoms with Crippen LogP contribution in [0.4, 0.5) is 0 Å². The topological polar surface area (TPSA) is 67.4 Å². The minimum absolute atomic E-state index is 0. The Balaban J connectivity index is 0.00000288. The number of hydrogen-bond donors (Lipinski definition) is 2. The Hall–Kier alpha value is -0.820. The lowest BCUT2D eigenvalue weighted by Gasteiger charge is -2.30. The Morgan fingerprint density at radius 3 is 2.54 bits per heavy atom. The zero-order chi connectivity index (χ0) is 17.2. The standard InChI is InChI=1S/C17H28N2O3S.ClH/c1-11(2)14-10-17(12(3)9-16(14)22-5)23(20,21)19-15-7-6-8-18-13(15)4;/h9-11,13,15,18-19H,6-8H2,1-5H3;1H. The van der Waals surface area contributed by atoms with Gasteiger partial charge in [0.2, 0.25) is 10.0 Å². The number of halogens is 1. The zero-order valence-corrected chi connectivity index (χ0v) is 16.7.